The molecule has 0 unspecified atom stereocenters. The van der Waals surface area contributed by atoms with Crippen molar-refractivity contribution in [3.05, 3.63) is 59.7 Å². The van der Waals surface area contributed by atoms with E-state index in [2.05, 4.69) is 34.9 Å². The Hall–Kier alpha value is -3.35. The van der Waals surface area contributed by atoms with Gasteiger partial charge in [-0.1, -0.05) is 67.8 Å². The molecule has 0 radical (unpaired) electrons. The number of carbonyl (C=O) groups is 3. The highest BCUT2D eigenvalue weighted by molar-refractivity contribution is 5.81. The minimum atomic E-state index is -0.954. The van der Waals surface area contributed by atoms with Crippen molar-refractivity contribution >= 4 is 18.0 Å². The summed E-state index contributed by atoms with van der Waals surface area (Å²) in [5.74, 6) is -1.57. The number of carboxylic acid groups (broad SMARTS) is 1. The fourth-order valence-electron chi connectivity index (χ4n) is 5.01. The first-order valence-corrected chi connectivity index (χ1v) is 11.7. The normalized spacial score (nSPS) is 19.6. The maximum absolute atomic E-state index is 12.7. The lowest BCUT2D eigenvalue weighted by Crippen LogP contribution is -2.47. The number of fused-ring (bicyclic) bond motifs is 3. The summed E-state index contributed by atoms with van der Waals surface area (Å²) in [4.78, 5) is 36.1. The zero-order chi connectivity index (χ0) is 23.2. The zero-order valence-corrected chi connectivity index (χ0v) is 18.6. The molecule has 33 heavy (non-hydrogen) atoms. The van der Waals surface area contributed by atoms with Gasteiger partial charge in [0.05, 0.1) is 12.3 Å². The van der Waals surface area contributed by atoms with Crippen LogP contribution in [-0.4, -0.2) is 42.3 Å². The number of aliphatic carboxylic acids is 1. The second-order valence-electron chi connectivity index (χ2n) is 8.76. The van der Waals surface area contributed by atoms with Gasteiger partial charge < -0.3 is 20.5 Å². The van der Waals surface area contributed by atoms with E-state index in [9.17, 15) is 14.4 Å². The third-order valence-corrected chi connectivity index (χ3v) is 6.64. The van der Waals surface area contributed by atoms with Gasteiger partial charge in [-0.05, 0) is 35.1 Å². The van der Waals surface area contributed by atoms with Crippen molar-refractivity contribution in [2.45, 2.75) is 50.5 Å². The SMILES string of the molecule is O=C(O)CCNC(=O)[C@H]1CCCCC[C@H]1NC(=O)OCC1c2ccccc2-c2ccccc21. The summed E-state index contributed by atoms with van der Waals surface area (Å²) in [5, 5.41) is 14.4. The molecule has 2 aliphatic rings. The minimum absolute atomic E-state index is 0.0209. The molecular formula is C26H30N2O5. The van der Waals surface area contributed by atoms with Gasteiger partial charge in [0.2, 0.25) is 5.91 Å². The van der Waals surface area contributed by atoms with E-state index in [1.165, 1.54) is 11.1 Å². The summed E-state index contributed by atoms with van der Waals surface area (Å²) in [7, 11) is 0. The van der Waals surface area contributed by atoms with Gasteiger partial charge in [0, 0.05) is 18.5 Å². The number of carbonyl (C=O) groups excluding carboxylic acids is 2. The second-order valence-corrected chi connectivity index (χ2v) is 8.76. The van der Waals surface area contributed by atoms with E-state index in [1.54, 1.807) is 0 Å². The highest BCUT2D eigenvalue weighted by atomic mass is 16.5. The third kappa shape index (κ3) is 5.35. The van der Waals surface area contributed by atoms with Gasteiger partial charge in [-0.25, -0.2) is 4.79 Å². The molecule has 2 aromatic rings. The molecule has 4 rings (SSSR count). The third-order valence-electron chi connectivity index (χ3n) is 6.64. The highest BCUT2D eigenvalue weighted by Gasteiger charge is 2.32. The summed E-state index contributed by atoms with van der Waals surface area (Å²) in [6, 6.07) is 16.0. The minimum Gasteiger partial charge on any atom is -0.481 e. The Morgan fingerprint density at radius 2 is 1.55 bits per heavy atom. The average molecular weight is 451 g/mol. The first kappa shape index (κ1) is 22.8. The molecule has 7 nitrogen and oxygen atoms in total. The van der Waals surface area contributed by atoms with Crippen LogP contribution in [0.5, 0.6) is 0 Å². The van der Waals surface area contributed by atoms with Crippen LogP contribution in [0, 0.1) is 5.92 Å². The first-order chi connectivity index (χ1) is 16.0. The molecular weight excluding hydrogens is 420 g/mol. The number of ether oxygens (including phenoxy) is 1. The first-order valence-electron chi connectivity index (χ1n) is 11.7. The molecule has 2 aliphatic carbocycles. The Morgan fingerprint density at radius 3 is 2.21 bits per heavy atom. The van der Waals surface area contributed by atoms with E-state index in [1.807, 2.05) is 24.3 Å². The van der Waals surface area contributed by atoms with Crippen LogP contribution in [0.1, 0.15) is 55.6 Å². The van der Waals surface area contributed by atoms with Gasteiger partial charge >= 0.3 is 12.1 Å². The number of nitrogens with one attached hydrogen (secondary N) is 2. The number of alkyl carbamates (subject to hydrolysis) is 1. The Kier molecular flexibility index (Phi) is 7.27. The largest absolute Gasteiger partial charge is 0.481 e. The molecule has 0 aromatic heterocycles. The fourth-order valence-corrected chi connectivity index (χ4v) is 5.01. The highest BCUT2D eigenvalue weighted by Crippen LogP contribution is 2.44. The van der Waals surface area contributed by atoms with Crippen molar-refractivity contribution < 1.29 is 24.2 Å². The van der Waals surface area contributed by atoms with Crippen molar-refractivity contribution in [1.29, 1.82) is 0 Å². The van der Waals surface area contributed by atoms with Crippen LogP contribution in [0.25, 0.3) is 11.1 Å². The molecule has 1 fully saturated rings. The second kappa shape index (κ2) is 10.5. The predicted molar refractivity (Wildman–Crippen MR) is 124 cm³/mol. The molecule has 0 spiro atoms. The molecule has 7 heteroatoms. The fraction of sp³-hybridized carbons (Fsp3) is 0.423. The van der Waals surface area contributed by atoms with Crippen molar-refractivity contribution in [3.63, 3.8) is 0 Å². The Labute approximate surface area is 193 Å². The van der Waals surface area contributed by atoms with E-state index in [0.717, 1.165) is 30.4 Å². The van der Waals surface area contributed by atoms with Gasteiger partial charge in [-0.3, -0.25) is 9.59 Å². The molecule has 2 atom stereocenters. The number of carboxylic acids is 1. The monoisotopic (exact) mass is 450 g/mol. The predicted octanol–water partition coefficient (Wildman–Crippen LogP) is 4.06. The van der Waals surface area contributed by atoms with Crippen LogP contribution in [0.4, 0.5) is 4.79 Å². The maximum Gasteiger partial charge on any atom is 0.407 e. The summed E-state index contributed by atoms with van der Waals surface area (Å²) in [6.45, 7) is 0.310. The number of hydrogen-bond acceptors (Lipinski definition) is 4. The standard InChI is InChI=1S/C26H30N2O5/c29-24(30)14-15-27-25(31)21-12-2-1-3-13-23(21)28-26(32)33-16-22-19-10-6-4-8-17(19)18-9-5-7-11-20(18)22/h4-11,21-23H,1-3,12-16H2,(H,27,31)(H,28,32)(H,29,30)/t21-,23+/m0/s1. The molecule has 1 saturated carbocycles. The molecule has 0 heterocycles. The lowest BCUT2D eigenvalue weighted by Gasteiger charge is -2.25. The van der Waals surface area contributed by atoms with E-state index in [4.69, 9.17) is 9.84 Å². The number of rotatable bonds is 7. The van der Waals surface area contributed by atoms with Gasteiger partial charge in [0.15, 0.2) is 0 Å². The van der Waals surface area contributed by atoms with Crippen molar-refractivity contribution in [1.82, 2.24) is 10.6 Å². The van der Waals surface area contributed by atoms with Crippen LogP contribution >= 0.6 is 0 Å². The molecule has 3 N–H and O–H groups in total. The lowest BCUT2D eigenvalue weighted by molar-refractivity contribution is -0.137. The summed E-state index contributed by atoms with van der Waals surface area (Å²) >= 11 is 0. The molecule has 0 bridgehead atoms. The summed E-state index contributed by atoms with van der Waals surface area (Å²) < 4.78 is 5.66. The van der Waals surface area contributed by atoms with Gasteiger partial charge in [-0.2, -0.15) is 0 Å². The van der Waals surface area contributed by atoms with Crippen molar-refractivity contribution in [2.75, 3.05) is 13.2 Å². The van der Waals surface area contributed by atoms with Crippen LogP contribution in [0.3, 0.4) is 0 Å². The number of hydrogen-bond donors (Lipinski definition) is 3. The zero-order valence-electron chi connectivity index (χ0n) is 18.6. The molecule has 2 amide bonds. The number of benzene rings is 2. The van der Waals surface area contributed by atoms with Gasteiger partial charge in [0.1, 0.15) is 6.61 Å². The van der Waals surface area contributed by atoms with Crippen LogP contribution in [-0.2, 0) is 14.3 Å². The Bertz CT molecular complexity index is 976. The van der Waals surface area contributed by atoms with Crippen LogP contribution < -0.4 is 10.6 Å². The van der Waals surface area contributed by atoms with Crippen molar-refractivity contribution in [2.24, 2.45) is 5.92 Å². The smallest absolute Gasteiger partial charge is 0.407 e. The Balaban J connectivity index is 1.38. The van der Waals surface area contributed by atoms with Crippen LogP contribution in [0.2, 0.25) is 0 Å². The maximum atomic E-state index is 12.7. The summed E-state index contributed by atoms with van der Waals surface area (Å²) in [5.41, 5.74) is 4.64. The van der Waals surface area contributed by atoms with E-state index < -0.39 is 12.1 Å². The molecule has 2 aromatic carbocycles. The molecule has 174 valence electrons. The van der Waals surface area contributed by atoms with Gasteiger partial charge in [-0.15, -0.1) is 0 Å². The van der Waals surface area contributed by atoms with Crippen LogP contribution in [0.15, 0.2) is 48.5 Å². The van der Waals surface area contributed by atoms with E-state index in [0.29, 0.717) is 12.8 Å². The Morgan fingerprint density at radius 1 is 0.909 bits per heavy atom. The number of amides is 2. The van der Waals surface area contributed by atoms with Crippen molar-refractivity contribution in [3.8, 4) is 11.1 Å². The summed E-state index contributed by atoms with van der Waals surface area (Å²) in [6.07, 6.45) is 3.54. The molecule has 0 aliphatic heterocycles. The molecule has 0 saturated heterocycles. The average Bonchev–Trinajstić information content (AvgIpc) is 2.94. The van der Waals surface area contributed by atoms with E-state index in [-0.39, 0.29) is 43.4 Å². The van der Waals surface area contributed by atoms with Gasteiger partial charge in [0.25, 0.3) is 0 Å². The lowest BCUT2D eigenvalue weighted by atomic mass is 9.94. The van der Waals surface area contributed by atoms with E-state index >= 15 is 0 Å². The quantitative estimate of drug-likeness (QED) is 0.552. The topological polar surface area (TPSA) is 105 Å².